The molecule has 0 saturated carbocycles. The summed E-state index contributed by atoms with van der Waals surface area (Å²) in [6.45, 7) is 4.11. The van der Waals surface area contributed by atoms with Crippen LogP contribution in [0.2, 0.25) is 0 Å². The Hall–Kier alpha value is -1.92. The summed E-state index contributed by atoms with van der Waals surface area (Å²) in [5, 5.41) is 7.04. The molecule has 1 amide bonds. The second kappa shape index (κ2) is 7.57. The minimum atomic E-state index is 0.0327. The number of carbonyl (C=O) groups is 1. The third-order valence-electron chi connectivity index (χ3n) is 4.08. The molecule has 1 aliphatic rings. The molecule has 0 atom stereocenters. The van der Waals surface area contributed by atoms with Crippen LogP contribution in [0.5, 0.6) is 0 Å². The normalized spacial score (nSPS) is 15.6. The van der Waals surface area contributed by atoms with Crippen LogP contribution in [0.4, 0.5) is 11.5 Å². The third kappa shape index (κ3) is 4.53. The predicted molar refractivity (Wildman–Crippen MR) is 95.2 cm³/mol. The van der Waals surface area contributed by atoms with Crippen LogP contribution in [0.3, 0.4) is 0 Å². The summed E-state index contributed by atoms with van der Waals surface area (Å²) in [6.07, 6.45) is 3.02. The van der Waals surface area contributed by atoms with Gasteiger partial charge in [-0.05, 0) is 48.0 Å². The molecule has 0 bridgehead atoms. The molecule has 1 aliphatic heterocycles. The number of nitrogens with zero attached hydrogens (tertiary/aromatic N) is 3. The summed E-state index contributed by atoms with van der Waals surface area (Å²) in [5.41, 5.74) is 1.98. The molecule has 2 aromatic rings. The van der Waals surface area contributed by atoms with Crippen LogP contribution in [-0.4, -0.2) is 49.0 Å². The largest absolute Gasteiger partial charge is 0.354 e. The zero-order valence-electron chi connectivity index (χ0n) is 13.4. The molecule has 0 aliphatic carbocycles. The van der Waals surface area contributed by atoms with Crippen molar-refractivity contribution >= 4 is 28.7 Å². The number of thiophene rings is 1. The first-order valence-electron chi connectivity index (χ1n) is 7.91. The number of hydrogen-bond donors (Lipinski definition) is 1. The molecule has 0 spiro atoms. The van der Waals surface area contributed by atoms with E-state index in [1.165, 1.54) is 5.56 Å². The molecule has 23 heavy (non-hydrogen) atoms. The quantitative estimate of drug-likeness (QED) is 0.915. The Morgan fingerprint density at radius 2 is 2.09 bits per heavy atom. The zero-order chi connectivity index (χ0) is 16.1. The van der Waals surface area contributed by atoms with Crippen LogP contribution < -0.4 is 10.2 Å². The van der Waals surface area contributed by atoms with Crippen LogP contribution in [0.25, 0.3) is 0 Å². The Balaban J connectivity index is 1.50. The van der Waals surface area contributed by atoms with Gasteiger partial charge in [-0.25, -0.2) is 4.98 Å². The topological polar surface area (TPSA) is 48.5 Å². The number of amides is 1. The van der Waals surface area contributed by atoms with E-state index in [1.54, 1.807) is 17.5 Å². The molecular weight excluding hydrogens is 308 g/mol. The number of aryl methyl sites for hydroxylation is 1. The number of piperazine rings is 1. The maximum atomic E-state index is 12.0. The van der Waals surface area contributed by atoms with Gasteiger partial charge < -0.3 is 15.1 Å². The Kier molecular flexibility index (Phi) is 5.25. The highest BCUT2D eigenvalue weighted by molar-refractivity contribution is 7.07. The molecule has 122 valence electrons. The fourth-order valence-electron chi connectivity index (χ4n) is 2.60. The van der Waals surface area contributed by atoms with E-state index in [1.807, 2.05) is 17.5 Å². The van der Waals surface area contributed by atoms with Crippen molar-refractivity contribution in [3.63, 3.8) is 0 Å². The third-order valence-corrected chi connectivity index (χ3v) is 4.81. The van der Waals surface area contributed by atoms with Crippen LogP contribution >= 0.6 is 11.3 Å². The van der Waals surface area contributed by atoms with Gasteiger partial charge in [-0.2, -0.15) is 11.3 Å². The lowest BCUT2D eigenvalue weighted by atomic mass is 10.2. The number of nitrogens with one attached hydrogen (secondary N) is 1. The maximum absolute atomic E-state index is 12.0. The van der Waals surface area contributed by atoms with E-state index in [4.69, 9.17) is 0 Å². The van der Waals surface area contributed by atoms with Crippen LogP contribution in [0.1, 0.15) is 12.0 Å². The number of likely N-dealkylation sites (N-methyl/N-ethyl adjacent to an activating group) is 1. The molecule has 3 rings (SSSR count). The average Bonchev–Trinajstić information content (AvgIpc) is 3.08. The van der Waals surface area contributed by atoms with Gasteiger partial charge in [0, 0.05) is 32.6 Å². The summed E-state index contributed by atoms with van der Waals surface area (Å²) >= 11 is 1.66. The fourth-order valence-corrected chi connectivity index (χ4v) is 3.30. The van der Waals surface area contributed by atoms with Crippen molar-refractivity contribution in [2.45, 2.75) is 12.8 Å². The van der Waals surface area contributed by atoms with E-state index in [9.17, 15) is 4.79 Å². The SMILES string of the molecule is CN1CCN(c2ccc(NC(=O)CCc3ccsc3)cn2)CC1. The van der Waals surface area contributed by atoms with Crippen molar-refractivity contribution in [1.82, 2.24) is 9.88 Å². The highest BCUT2D eigenvalue weighted by Gasteiger charge is 2.15. The van der Waals surface area contributed by atoms with Gasteiger partial charge in [0.05, 0.1) is 11.9 Å². The first-order chi connectivity index (χ1) is 11.2. The second-order valence-corrected chi connectivity index (χ2v) is 6.66. The Labute approximate surface area is 140 Å². The van der Waals surface area contributed by atoms with E-state index in [2.05, 4.69) is 38.6 Å². The van der Waals surface area contributed by atoms with Crippen LogP contribution in [0, 0.1) is 0 Å². The molecule has 6 heteroatoms. The van der Waals surface area contributed by atoms with Crippen molar-refractivity contribution in [1.29, 1.82) is 0 Å². The smallest absolute Gasteiger partial charge is 0.224 e. The lowest BCUT2D eigenvalue weighted by molar-refractivity contribution is -0.116. The van der Waals surface area contributed by atoms with E-state index >= 15 is 0 Å². The van der Waals surface area contributed by atoms with Crippen molar-refractivity contribution in [2.75, 3.05) is 43.4 Å². The summed E-state index contributed by atoms with van der Waals surface area (Å²) in [4.78, 5) is 21.1. The molecule has 0 aromatic carbocycles. The highest BCUT2D eigenvalue weighted by Crippen LogP contribution is 2.16. The number of pyridine rings is 1. The highest BCUT2D eigenvalue weighted by atomic mass is 32.1. The van der Waals surface area contributed by atoms with Gasteiger partial charge >= 0.3 is 0 Å². The minimum absolute atomic E-state index is 0.0327. The van der Waals surface area contributed by atoms with E-state index in [0.29, 0.717) is 6.42 Å². The first-order valence-corrected chi connectivity index (χ1v) is 8.85. The first kappa shape index (κ1) is 16.0. The van der Waals surface area contributed by atoms with Crippen LogP contribution in [0.15, 0.2) is 35.2 Å². The lowest BCUT2D eigenvalue weighted by Gasteiger charge is -2.33. The Morgan fingerprint density at radius 1 is 1.26 bits per heavy atom. The van der Waals surface area contributed by atoms with Gasteiger partial charge in [0.1, 0.15) is 5.82 Å². The van der Waals surface area contributed by atoms with Gasteiger partial charge in [-0.3, -0.25) is 4.79 Å². The molecule has 0 unspecified atom stereocenters. The summed E-state index contributed by atoms with van der Waals surface area (Å²) in [7, 11) is 2.14. The molecule has 3 heterocycles. The van der Waals surface area contributed by atoms with Crippen molar-refractivity contribution in [3.8, 4) is 0 Å². The standard InChI is InChI=1S/C17H22N4OS/c1-20-7-9-21(10-8-20)16-4-3-15(12-18-16)19-17(22)5-2-14-6-11-23-13-14/h3-4,6,11-13H,2,5,7-10H2,1H3,(H,19,22). The number of carbonyl (C=O) groups excluding carboxylic acids is 1. The van der Waals surface area contributed by atoms with Crippen molar-refractivity contribution < 1.29 is 4.79 Å². The summed E-state index contributed by atoms with van der Waals surface area (Å²) in [5.74, 6) is 1.01. The second-order valence-electron chi connectivity index (χ2n) is 5.88. The van der Waals surface area contributed by atoms with Gasteiger partial charge in [0.2, 0.25) is 5.91 Å². The van der Waals surface area contributed by atoms with Gasteiger partial charge in [0.25, 0.3) is 0 Å². The number of hydrogen-bond acceptors (Lipinski definition) is 5. The Bertz CT molecular complexity index is 619. The molecule has 5 nitrogen and oxygen atoms in total. The molecule has 1 saturated heterocycles. The van der Waals surface area contributed by atoms with Gasteiger partial charge in [-0.15, -0.1) is 0 Å². The van der Waals surface area contributed by atoms with Crippen molar-refractivity contribution in [3.05, 3.63) is 40.7 Å². The average molecular weight is 330 g/mol. The maximum Gasteiger partial charge on any atom is 0.224 e. The minimum Gasteiger partial charge on any atom is -0.354 e. The van der Waals surface area contributed by atoms with E-state index < -0.39 is 0 Å². The number of aromatic nitrogens is 1. The molecule has 1 N–H and O–H groups in total. The van der Waals surface area contributed by atoms with Crippen LogP contribution in [-0.2, 0) is 11.2 Å². The predicted octanol–water partition coefficient (Wildman–Crippen LogP) is 2.47. The molecule has 2 aromatic heterocycles. The summed E-state index contributed by atoms with van der Waals surface area (Å²) < 4.78 is 0. The number of rotatable bonds is 5. The van der Waals surface area contributed by atoms with Gasteiger partial charge in [0.15, 0.2) is 0 Å². The zero-order valence-corrected chi connectivity index (χ0v) is 14.2. The number of anilines is 2. The Morgan fingerprint density at radius 3 is 2.74 bits per heavy atom. The van der Waals surface area contributed by atoms with Gasteiger partial charge in [-0.1, -0.05) is 0 Å². The monoisotopic (exact) mass is 330 g/mol. The molecule has 0 radical (unpaired) electrons. The van der Waals surface area contributed by atoms with Crippen molar-refractivity contribution in [2.24, 2.45) is 0 Å². The lowest BCUT2D eigenvalue weighted by Crippen LogP contribution is -2.44. The molecular formula is C17H22N4OS. The molecule has 1 fully saturated rings. The summed E-state index contributed by atoms with van der Waals surface area (Å²) in [6, 6.07) is 5.98. The van der Waals surface area contributed by atoms with E-state index in [-0.39, 0.29) is 5.91 Å². The van der Waals surface area contributed by atoms with E-state index in [0.717, 1.165) is 44.1 Å². The fraction of sp³-hybridized carbons (Fsp3) is 0.412.